The van der Waals surface area contributed by atoms with Crippen LogP contribution in [0.3, 0.4) is 0 Å². The number of rotatable bonds is 3. The average molecular weight is 209 g/mol. The van der Waals surface area contributed by atoms with Crippen molar-refractivity contribution in [3.8, 4) is 0 Å². The summed E-state index contributed by atoms with van der Waals surface area (Å²) in [4.78, 5) is 1.64. The SMILES string of the molecule is CC(C)NCC1CCCc2ccsc21. The summed E-state index contributed by atoms with van der Waals surface area (Å²) >= 11 is 1.95. The average Bonchev–Trinajstić information content (AvgIpc) is 2.62. The molecule has 0 amide bonds. The third-order valence-corrected chi connectivity index (χ3v) is 4.04. The Morgan fingerprint density at radius 1 is 1.57 bits per heavy atom. The zero-order chi connectivity index (χ0) is 9.97. The van der Waals surface area contributed by atoms with Gasteiger partial charge in [0.05, 0.1) is 0 Å². The highest BCUT2D eigenvalue weighted by Gasteiger charge is 2.20. The molecule has 0 bridgehead atoms. The minimum Gasteiger partial charge on any atom is -0.314 e. The van der Waals surface area contributed by atoms with Gasteiger partial charge in [0.1, 0.15) is 0 Å². The third-order valence-electron chi connectivity index (χ3n) is 2.92. The number of hydrogen-bond acceptors (Lipinski definition) is 2. The predicted molar refractivity (Wildman–Crippen MR) is 63.1 cm³/mol. The molecule has 0 aliphatic heterocycles. The van der Waals surface area contributed by atoms with Gasteiger partial charge in [0.2, 0.25) is 0 Å². The minimum absolute atomic E-state index is 0.611. The first-order chi connectivity index (χ1) is 6.77. The van der Waals surface area contributed by atoms with Crippen molar-refractivity contribution in [3.05, 3.63) is 21.9 Å². The molecular weight excluding hydrogens is 190 g/mol. The Morgan fingerprint density at radius 3 is 3.21 bits per heavy atom. The van der Waals surface area contributed by atoms with E-state index in [4.69, 9.17) is 0 Å². The number of nitrogens with one attached hydrogen (secondary N) is 1. The molecule has 2 heteroatoms. The van der Waals surface area contributed by atoms with Crippen LogP contribution in [0.5, 0.6) is 0 Å². The van der Waals surface area contributed by atoms with Crippen LogP contribution in [0.1, 0.15) is 43.0 Å². The first-order valence-corrected chi connectivity index (χ1v) is 6.45. The number of fused-ring (bicyclic) bond motifs is 1. The summed E-state index contributed by atoms with van der Waals surface area (Å²) in [6, 6.07) is 2.92. The van der Waals surface area contributed by atoms with Crippen molar-refractivity contribution in [3.63, 3.8) is 0 Å². The maximum Gasteiger partial charge on any atom is 0.0121 e. The van der Waals surface area contributed by atoms with E-state index in [0.29, 0.717) is 6.04 Å². The predicted octanol–water partition coefficient (Wildman–Crippen LogP) is 3.17. The van der Waals surface area contributed by atoms with Crippen LogP contribution in [0.15, 0.2) is 11.4 Å². The van der Waals surface area contributed by atoms with E-state index < -0.39 is 0 Å². The van der Waals surface area contributed by atoms with Crippen LogP contribution >= 0.6 is 11.3 Å². The zero-order valence-corrected chi connectivity index (χ0v) is 9.86. The molecule has 1 N–H and O–H groups in total. The van der Waals surface area contributed by atoms with Crippen LogP contribution < -0.4 is 5.32 Å². The molecule has 0 radical (unpaired) electrons. The van der Waals surface area contributed by atoms with Crippen LogP contribution in [0.2, 0.25) is 0 Å². The summed E-state index contributed by atoms with van der Waals surface area (Å²) in [6.45, 7) is 5.60. The van der Waals surface area contributed by atoms with E-state index in [-0.39, 0.29) is 0 Å². The molecule has 1 aliphatic carbocycles. The molecule has 0 aromatic carbocycles. The van der Waals surface area contributed by atoms with E-state index in [2.05, 4.69) is 30.6 Å². The highest BCUT2D eigenvalue weighted by molar-refractivity contribution is 7.10. The monoisotopic (exact) mass is 209 g/mol. The van der Waals surface area contributed by atoms with Gasteiger partial charge in [-0.15, -0.1) is 11.3 Å². The zero-order valence-electron chi connectivity index (χ0n) is 9.05. The summed E-state index contributed by atoms with van der Waals surface area (Å²) in [5.41, 5.74) is 1.61. The highest BCUT2D eigenvalue weighted by Crippen LogP contribution is 2.34. The third kappa shape index (κ3) is 2.18. The molecule has 0 fully saturated rings. The van der Waals surface area contributed by atoms with Crippen molar-refractivity contribution in [2.45, 2.75) is 45.1 Å². The largest absolute Gasteiger partial charge is 0.314 e. The van der Waals surface area contributed by atoms with Gasteiger partial charge >= 0.3 is 0 Å². The Hall–Kier alpha value is -0.340. The Balaban J connectivity index is 2.01. The smallest absolute Gasteiger partial charge is 0.0121 e. The molecule has 1 aromatic rings. The first kappa shape index (κ1) is 10.2. The second-order valence-corrected chi connectivity index (χ2v) is 5.41. The van der Waals surface area contributed by atoms with Crippen molar-refractivity contribution in [2.24, 2.45) is 0 Å². The molecule has 1 atom stereocenters. The molecule has 0 spiro atoms. The lowest BCUT2D eigenvalue weighted by atomic mass is 9.89. The minimum atomic E-state index is 0.611. The van der Waals surface area contributed by atoms with Crippen molar-refractivity contribution in [1.82, 2.24) is 5.32 Å². The maximum absolute atomic E-state index is 3.55. The van der Waals surface area contributed by atoms with Crippen molar-refractivity contribution >= 4 is 11.3 Å². The second-order valence-electron chi connectivity index (χ2n) is 4.46. The van der Waals surface area contributed by atoms with E-state index in [1.165, 1.54) is 19.3 Å². The van der Waals surface area contributed by atoms with Gasteiger partial charge in [0.15, 0.2) is 0 Å². The Morgan fingerprint density at radius 2 is 2.43 bits per heavy atom. The van der Waals surface area contributed by atoms with Crippen LogP contribution in [0.4, 0.5) is 0 Å². The standard InChI is InChI=1S/C12H19NS/c1-9(2)13-8-11-5-3-4-10-6-7-14-12(10)11/h6-7,9,11,13H,3-5,8H2,1-2H3. The normalized spacial score (nSPS) is 21.2. The fourth-order valence-electron chi connectivity index (χ4n) is 2.15. The Kier molecular flexibility index (Phi) is 3.24. The number of aryl methyl sites for hydroxylation is 1. The molecule has 0 saturated carbocycles. The van der Waals surface area contributed by atoms with Gasteiger partial charge in [-0.2, -0.15) is 0 Å². The van der Waals surface area contributed by atoms with Gasteiger partial charge in [-0.25, -0.2) is 0 Å². The quantitative estimate of drug-likeness (QED) is 0.806. The van der Waals surface area contributed by atoms with Gasteiger partial charge < -0.3 is 5.32 Å². The molecule has 1 aliphatic rings. The molecule has 1 unspecified atom stereocenters. The second kappa shape index (κ2) is 4.45. The lowest BCUT2D eigenvalue weighted by molar-refractivity contribution is 0.485. The molecular formula is C12H19NS. The van der Waals surface area contributed by atoms with Crippen LogP contribution in [-0.2, 0) is 6.42 Å². The number of thiophene rings is 1. The van der Waals surface area contributed by atoms with E-state index >= 15 is 0 Å². The van der Waals surface area contributed by atoms with Crippen molar-refractivity contribution in [2.75, 3.05) is 6.54 Å². The Labute approximate surface area is 90.5 Å². The topological polar surface area (TPSA) is 12.0 Å². The summed E-state index contributed by atoms with van der Waals surface area (Å²) in [6.07, 6.45) is 4.04. The summed E-state index contributed by atoms with van der Waals surface area (Å²) in [5.74, 6) is 0.779. The number of hydrogen-bond donors (Lipinski definition) is 1. The van der Waals surface area contributed by atoms with Gasteiger partial charge in [0.25, 0.3) is 0 Å². The van der Waals surface area contributed by atoms with Crippen LogP contribution in [0, 0.1) is 0 Å². The Bertz CT molecular complexity index is 290. The lowest BCUT2D eigenvalue weighted by Gasteiger charge is -2.23. The van der Waals surface area contributed by atoms with E-state index in [0.717, 1.165) is 12.5 Å². The van der Waals surface area contributed by atoms with E-state index in [9.17, 15) is 0 Å². The summed E-state index contributed by atoms with van der Waals surface area (Å²) in [7, 11) is 0. The molecule has 0 saturated heterocycles. The van der Waals surface area contributed by atoms with E-state index in [1.54, 1.807) is 10.4 Å². The fourth-order valence-corrected chi connectivity index (χ4v) is 3.25. The molecule has 14 heavy (non-hydrogen) atoms. The first-order valence-electron chi connectivity index (χ1n) is 5.57. The van der Waals surface area contributed by atoms with E-state index in [1.807, 2.05) is 11.3 Å². The maximum atomic E-state index is 3.55. The van der Waals surface area contributed by atoms with Gasteiger partial charge in [-0.3, -0.25) is 0 Å². The molecule has 1 nitrogen and oxygen atoms in total. The fraction of sp³-hybridized carbons (Fsp3) is 0.667. The summed E-state index contributed by atoms with van der Waals surface area (Å²) in [5, 5.41) is 5.80. The van der Waals surface area contributed by atoms with Crippen molar-refractivity contribution < 1.29 is 0 Å². The lowest BCUT2D eigenvalue weighted by Crippen LogP contribution is -2.29. The van der Waals surface area contributed by atoms with Crippen LogP contribution in [0.25, 0.3) is 0 Å². The van der Waals surface area contributed by atoms with Gasteiger partial charge in [-0.05, 0) is 36.3 Å². The summed E-state index contributed by atoms with van der Waals surface area (Å²) < 4.78 is 0. The van der Waals surface area contributed by atoms with Gasteiger partial charge in [-0.1, -0.05) is 13.8 Å². The molecule has 1 heterocycles. The van der Waals surface area contributed by atoms with Crippen molar-refractivity contribution in [1.29, 1.82) is 0 Å². The van der Waals surface area contributed by atoms with Crippen LogP contribution in [-0.4, -0.2) is 12.6 Å². The molecule has 2 rings (SSSR count). The highest BCUT2D eigenvalue weighted by atomic mass is 32.1. The molecule has 1 aromatic heterocycles. The van der Waals surface area contributed by atoms with Gasteiger partial charge in [0, 0.05) is 23.4 Å². The molecule has 78 valence electrons.